The molecule has 0 aliphatic heterocycles. The van der Waals surface area contributed by atoms with Gasteiger partial charge in [0.15, 0.2) is 0 Å². The molecule has 0 heterocycles. The number of rotatable bonds is 2. The van der Waals surface area contributed by atoms with Crippen molar-refractivity contribution in [2.45, 2.75) is 51.7 Å². The van der Waals surface area contributed by atoms with Gasteiger partial charge >= 0.3 is 11.9 Å². The second-order valence-electron chi connectivity index (χ2n) is 5.84. The molecule has 5 heteroatoms. The molecule has 0 spiro atoms. The van der Waals surface area contributed by atoms with Crippen molar-refractivity contribution < 1.29 is 19.1 Å². The Labute approximate surface area is 108 Å². The molecule has 0 bridgehead atoms. The predicted octanol–water partition coefficient (Wildman–Crippen LogP) is 1.24. The molecule has 0 saturated heterocycles. The molecule has 1 unspecified atom stereocenters. The van der Waals surface area contributed by atoms with E-state index in [1.54, 1.807) is 0 Å². The second kappa shape index (κ2) is 5.69. The van der Waals surface area contributed by atoms with Crippen LogP contribution in [-0.4, -0.2) is 30.7 Å². The quantitative estimate of drug-likeness (QED) is 0.753. The zero-order chi connectivity index (χ0) is 13.9. The number of nitrogens with two attached hydrogens (primary N) is 1. The summed E-state index contributed by atoms with van der Waals surface area (Å²) in [6.07, 6.45) is 1.80. The van der Waals surface area contributed by atoms with Gasteiger partial charge in [-0.05, 0) is 40.0 Å². The van der Waals surface area contributed by atoms with Gasteiger partial charge in [0.05, 0.1) is 18.9 Å². The third-order valence-corrected chi connectivity index (χ3v) is 3.10. The smallest absolute Gasteiger partial charge is 0.310 e. The molecule has 1 saturated carbocycles. The summed E-state index contributed by atoms with van der Waals surface area (Å²) >= 11 is 0. The van der Waals surface area contributed by atoms with E-state index >= 15 is 0 Å². The van der Waals surface area contributed by atoms with Crippen molar-refractivity contribution in [3.05, 3.63) is 0 Å². The molecule has 3 atom stereocenters. The lowest BCUT2D eigenvalue weighted by Crippen LogP contribution is -2.43. The van der Waals surface area contributed by atoms with E-state index in [0.717, 1.165) is 6.42 Å². The first kappa shape index (κ1) is 15.0. The van der Waals surface area contributed by atoms with Crippen LogP contribution in [0.5, 0.6) is 0 Å². The summed E-state index contributed by atoms with van der Waals surface area (Å²) in [6, 6.07) is -0.0483. The van der Waals surface area contributed by atoms with Crippen molar-refractivity contribution in [1.82, 2.24) is 0 Å². The van der Waals surface area contributed by atoms with Crippen molar-refractivity contribution in [1.29, 1.82) is 0 Å². The van der Waals surface area contributed by atoms with Gasteiger partial charge in [-0.15, -0.1) is 0 Å². The summed E-state index contributed by atoms with van der Waals surface area (Å²) in [6.45, 7) is 5.44. The van der Waals surface area contributed by atoms with Gasteiger partial charge in [0.2, 0.25) is 0 Å². The Balaban J connectivity index is 2.77. The number of ether oxygens (including phenoxy) is 2. The standard InChI is InChI=1S/C13H23NO4/c1-13(2,3)18-12(16)9-6-5-8(14)7-10(9)11(15)17-4/h8-10H,5-7,14H2,1-4H3/t8-,9?,10-/m0/s1. The van der Waals surface area contributed by atoms with Crippen LogP contribution in [0.2, 0.25) is 0 Å². The normalized spacial score (nSPS) is 28.6. The van der Waals surface area contributed by atoms with Gasteiger partial charge in [-0.3, -0.25) is 9.59 Å². The summed E-state index contributed by atoms with van der Waals surface area (Å²) < 4.78 is 10.1. The highest BCUT2D eigenvalue weighted by Crippen LogP contribution is 2.32. The highest BCUT2D eigenvalue weighted by molar-refractivity contribution is 5.82. The fraction of sp³-hybridized carbons (Fsp3) is 0.846. The third-order valence-electron chi connectivity index (χ3n) is 3.10. The maximum Gasteiger partial charge on any atom is 0.310 e. The number of carbonyl (C=O) groups is 2. The van der Waals surface area contributed by atoms with Crippen molar-refractivity contribution in [2.75, 3.05) is 7.11 Å². The summed E-state index contributed by atoms with van der Waals surface area (Å²) in [5, 5.41) is 0. The van der Waals surface area contributed by atoms with Crippen LogP contribution in [0.3, 0.4) is 0 Å². The van der Waals surface area contributed by atoms with Crippen molar-refractivity contribution in [3.63, 3.8) is 0 Å². The number of methoxy groups -OCH3 is 1. The van der Waals surface area contributed by atoms with Crippen molar-refractivity contribution in [2.24, 2.45) is 17.6 Å². The maximum atomic E-state index is 12.1. The molecule has 1 aliphatic rings. The number of hydrogen-bond acceptors (Lipinski definition) is 5. The van der Waals surface area contributed by atoms with Gasteiger partial charge in [-0.25, -0.2) is 0 Å². The molecular formula is C13H23NO4. The highest BCUT2D eigenvalue weighted by Gasteiger charge is 2.41. The Morgan fingerprint density at radius 1 is 1.11 bits per heavy atom. The minimum absolute atomic E-state index is 0.0483. The van der Waals surface area contributed by atoms with Crippen LogP contribution < -0.4 is 5.73 Å². The molecule has 0 radical (unpaired) electrons. The van der Waals surface area contributed by atoms with Gasteiger partial charge < -0.3 is 15.2 Å². The molecule has 0 amide bonds. The molecule has 0 aromatic rings. The number of carbonyl (C=O) groups excluding carboxylic acids is 2. The molecular weight excluding hydrogens is 234 g/mol. The van der Waals surface area contributed by atoms with Gasteiger partial charge in [0, 0.05) is 6.04 Å². The summed E-state index contributed by atoms with van der Waals surface area (Å²) in [4.78, 5) is 23.8. The maximum absolute atomic E-state index is 12.1. The van der Waals surface area contributed by atoms with E-state index in [-0.39, 0.29) is 18.0 Å². The zero-order valence-corrected chi connectivity index (χ0v) is 11.6. The molecule has 18 heavy (non-hydrogen) atoms. The average Bonchev–Trinajstić information content (AvgIpc) is 2.25. The largest absolute Gasteiger partial charge is 0.469 e. The fourth-order valence-electron chi connectivity index (χ4n) is 2.27. The van der Waals surface area contributed by atoms with Gasteiger partial charge in [0.1, 0.15) is 5.60 Å². The lowest BCUT2D eigenvalue weighted by Gasteiger charge is -2.33. The fourth-order valence-corrected chi connectivity index (χ4v) is 2.27. The molecule has 104 valence electrons. The Morgan fingerprint density at radius 3 is 2.22 bits per heavy atom. The van der Waals surface area contributed by atoms with Crippen LogP contribution in [0.15, 0.2) is 0 Å². The van der Waals surface area contributed by atoms with E-state index in [4.69, 9.17) is 15.2 Å². The van der Waals surface area contributed by atoms with Gasteiger partial charge in [-0.2, -0.15) is 0 Å². The highest BCUT2D eigenvalue weighted by atomic mass is 16.6. The molecule has 0 aromatic carbocycles. The minimum Gasteiger partial charge on any atom is -0.469 e. The Morgan fingerprint density at radius 2 is 1.72 bits per heavy atom. The lowest BCUT2D eigenvalue weighted by molar-refractivity contribution is -0.169. The summed E-state index contributed by atoms with van der Waals surface area (Å²) in [5.41, 5.74) is 5.30. The van der Waals surface area contributed by atoms with Crippen LogP contribution >= 0.6 is 0 Å². The topological polar surface area (TPSA) is 78.6 Å². The third kappa shape index (κ3) is 3.98. The van der Waals surface area contributed by atoms with E-state index in [2.05, 4.69) is 0 Å². The van der Waals surface area contributed by atoms with E-state index in [1.165, 1.54) is 7.11 Å². The van der Waals surface area contributed by atoms with E-state index in [1.807, 2.05) is 20.8 Å². The molecule has 2 N–H and O–H groups in total. The Kier molecular flexibility index (Phi) is 4.73. The van der Waals surface area contributed by atoms with Crippen LogP contribution in [0.1, 0.15) is 40.0 Å². The molecule has 0 aromatic heterocycles. The number of hydrogen-bond donors (Lipinski definition) is 1. The van der Waals surface area contributed by atoms with E-state index in [9.17, 15) is 9.59 Å². The van der Waals surface area contributed by atoms with E-state index < -0.39 is 17.4 Å². The van der Waals surface area contributed by atoms with Gasteiger partial charge in [-0.1, -0.05) is 0 Å². The number of esters is 2. The second-order valence-corrected chi connectivity index (χ2v) is 5.84. The van der Waals surface area contributed by atoms with E-state index in [0.29, 0.717) is 12.8 Å². The Bertz CT molecular complexity index is 321. The van der Waals surface area contributed by atoms with Crippen molar-refractivity contribution in [3.8, 4) is 0 Å². The van der Waals surface area contributed by atoms with Crippen LogP contribution in [-0.2, 0) is 19.1 Å². The van der Waals surface area contributed by atoms with Crippen LogP contribution in [0, 0.1) is 11.8 Å². The molecule has 1 aliphatic carbocycles. The average molecular weight is 257 g/mol. The lowest BCUT2D eigenvalue weighted by atomic mass is 9.77. The first-order valence-electron chi connectivity index (χ1n) is 6.31. The van der Waals surface area contributed by atoms with Crippen molar-refractivity contribution >= 4 is 11.9 Å². The molecule has 1 fully saturated rings. The SMILES string of the molecule is COC(=O)[C@H]1C[C@@H](N)CCC1C(=O)OC(C)(C)C. The monoisotopic (exact) mass is 257 g/mol. The van der Waals surface area contributed by atoms with Gasteiger partial charge in [0.25, 0.3) is 0 Å². The molecule has 5 nitrogen and oxygen atoms in total. The first-order chi connectivity index (χ1) is 8.24. The first-order valence-corrected chi connectivity index (χ1v) is 6.31. The summed E-state index contributed by atoms with van der Waals surface area (Å²) in [7, 11) is 1.33. The zero-order valence-electron chi connectivity index (χ0n) is 11.6. The minimum atomic E-state index is -0.544. The predicted molar refractivity (Wildman–Crippen MR) is 66.7 cm³/mol. The Hall–Kier alpha value is -1.10. The summed E-state index contributed by atoms with van der Waals surface area (Å²) in [5.74, 6) is -1.61. The van der Waals surface area contributed by atoms with Crippen LogP contribution in [0.4, 0.5) is 0 Å². The van der Waals surface area contributed by atoms with Crippen LogP contribution in [0.25, 0.3) is 0 Å². The molecule has 1 rings (SSSR count).